The van der Waals surface area contributed by atoms with E-state index in [4.69, 9.17) is 0 Å². The van der Waals surface area contributed by atoms with Crippen LogP contribution in [0.5, 0.6) is 0 Å². The molecule has 0 amide bonds. The summed E-state index contributed by atoms with van der Waals surface area (Å²) >= 11 is 0. The van der Waals surface area contributed by atoms with E-state index in [1.54, 1.807) is 0 Å². The molecule has 2 heteroatoms. The minimum absolute atomic E-state index is 0.808. The van der Waals surface area contributed by atoms with Gasteiger partial charge in [0.2, 0.25) is 0 Å². The molecule has 2 nitrogen and oxygen atoms in total. The van der Waals surface area contributed by atoms with Gasteiger partial charge in [-0.3, -0.25) is 0 Å². The summed E-state index contributed by atoms with van der Waals surface area (Å²) in [6.45, 7) is 7.69. The minimum atomic E-state index is 0.808. The van der Waals surface area contributed by atoms with Gasteiger partial charge in [0.05, 0.1) is 0 Å². The highest BCUT2D eigenvalue weighted by molar-refractivity contribution is 4.88. The fraction of sp³-hybridized carbons (Fsp3) is 1.00. The van der Waals surface area contributed by atoms with E-state index < -0.39 is 0 Å². The van der Waals surface area contributed by atoms with Crippen LogP contribution in [0, 0.1) is 17.8 Å². The summed E-state index contributed by atoms with van der Waals surface area (Å²) in [5.41, 5.74) is 0. The van der Waals surface area contributed by atoms with Crippen molar-refractivity contribution in [3.05, 3.63) is 0 Å². The van der Waals surface area contributed by atoms with E-state index in [0.717, 1.165) is 23.8 Å². The van der Waals surface area contributed by atoms with E-state index in [1.165, 1.54) is 90.4 Å². The van der Waals surface area contributed by atoms with Crippen molar-refractivity contribution in [3.63, 3.8) is 0 Å². The zero-order valence-corrected chi connectivity index (χ0v) is 14.2. The van der Waals surface area contributed by atoms with E-state index in [1.807, 2.05) is 0 Å². The third kappa shape index (κ3) is 4.22. The molecule has 1 aliphatic heterocycles. The molecule has 3 aliphatic rings. The van der Waals surface area contributed by atoms with Crippen molar-refractivity contribution >= 4 is 0 Å². The van der Waals surface area contributed by atoms with E-state index in [-0.39, 0.29) is 0 Å². The molecular formula is C19H36N2. The fourth-order valence-corrected chi connectivity index (χ4v) is 5.20. The van der Waals surface area contributed by atoms with Gasteiger partial charge in [0.25, 0.3) is 0 Å². The van der Waals surface area contributed by atoms with Crippen molar-refractivity contribution in [2.75, 3.05) is 26.2 Å². The summed E-state index contributed by atoms with van der Waals surface area (Å²) in [6, 6.07) is 0.808. The first-order valence-electron chi connectivity index (χ1n) is 9.82. The van der Waals surface area contributed by atoms with E-state index in [2.05, 4.69) is 17.1 Å². The lowest BCUT2D eigenvalue weighted by Crippen LogP contribution is -2.48. The Morgan fingerprint density at radius 2 is 1.67 bits per heavy atom. The molecule has 1 saturated heterocycles. The topological polar surface area (TPSA) is 15.3 Å². The third-order valence-corrected chi connectivity index (χ3v) is 6.43. The molecule has 0 aromatic rings. The normalized spacial score (nSPS) is 38.1. The molecule has 0 aromatic carbocycles. The Kier molecular flexibility index (Phi) is 5.99. The smallest absolute Gasteiger partial charge is 0.0107 e. The first kappa shape index (κ1) is 15.8. The van der Waals surface area contributed by atoms with Crippen LogP contribution in [-0.4, -0.2) is 37.1 Å². The van der Waals surface area contributed by atoms with Crippen LogP contribution in [0.25, 0.3) is 0 Å². The SMILES string of the molecule is CCCNC1CCCCC1CN1CCC2CCCCC2C1. The van der Waals surface area contributed by atoms with Crippen LogP contribution in [0.4, 0.5) is 0 Å². The van der Waals surface area contributed by atoms with Crippen LogP contribution in [0.2, 0.25) is 0 Å². The number of hydrogen-bond acceptors (Lipinski definition) is 2. The summed E-state index contributed by atoms with van der Waals surface area (Å²) in [5.74, 6) is 3.04. The maximum Gasteiger partial charge on any atom is 0.0107 e. The molecule has 3 fully saturated rings. The lowest BCUT2D eigenvalue weighted by Gasteiger charge is -2.44. The quantitative estimate of drug-likeness (QED) is 0.822. The summed E-state index contributed by atoms with van der Waals surface area (Å²) in [4.78, 5) is 2.84. The number of nitrogens with one attached hydrogen (secondary N) is 1. The van der Waals surface area contributed by atoms with Crippen molar-refractivity contribution in [1.29, 1.82) is 0 Å². The number of fused-ring (bicyclic) bond motifs is 1. The van der Waals surface area contributed by atoms with Gasteiger partial charge in [-0.1, -0.05) is 39.0 Å². The Morgan fingerprint density at radius 3 is 2.52 bits per heavy atom. The molecule has 3 rings (SSSR count). The molecule has 2 saturated carbocycles. The monoisotopic (exact) mass is 292 g/mol. The average Bonchev–Trinajstić information content (AvgIpc) is 2.54. The summed E-state index contributed by atoms with van der Waals surface area (Å²) in [6.07, 6.45) is 14.6. The van der Waals surface area contributed by atoms with Gasteiger partial charge in [0.15, 0.2) is 0 Å². The van der Waals surface area contributed by atoms with Gasteiger partial charge in [-0.2, -0.15) is 0 Å². The molecule has 0 bridgehead atoms. The Bertz CT molecular complexity index is 304. The molecule has 0 spiro atoms. The van der Waals surface area contributed by atoms with Gasteiger partial charge in [-0.05, 0) is 62.9 Å². The number of hydrogen-bond donors (Lipinski definition) is 1. The summed E-state index contributed by atoms with van der Waals surface area (Å²) in [7, 11) is 0. The molecule has 122 valence electrons. The number of rotatable bonds is 5. The fourth-order valence-electron chi connectivity index (χ4n) is 5.20. The highest BCUT2D eigenvalue weighted by Crippen LogP contribution is 2.37. The second-order valence-electron chi connectivity index (χ2n) is 7.96. The molecule has 0 radical (unpaired) electrons. The predicted octanol–water partition coefficient (Wildman–Crippen LogP) is 4.06. The van der Waals surface area contributed by atoms with Crippen molar-refractivity contribution < 1.29 is 0 Å². The van der Waals surface area contributed by atoms with Crippen LogP contribution < -0.4 is 5.32 Å². The first-order valence-corrected chi connectivity index (χ1v) is 9.82. The predicted molar refractivity (Wildman–Crippen MR) is 90.5 cm³/mol. The molecule has 0 aromatic heterocycles. The molecule has 1 N–H and O–H groups in total. The molecular weight excluding hydrogens is 256 g/mol. The van der Waals surface area contributed by atoms with Crippen LogP contribution in [-0.2, 0) is 0 Å². The standard InChI is InChI=1S/C19H36N2/c1-2-12-20-19-10-6-5-9-18(19)15-21-13-11-16-7-3-4-8-17(16)14-21/h16-20H,2-15H2,1H3. The van der Waals surface area contributed by atoms with Gasteiger partial charge in [-0.15, -0.1) is 0 Å². The number of piperidine rings is 1. The van der Waals surface area contributed by atoms with Crippen LogP contribution in [0.15, 0.2) is 0 Å². The van der Waals surface area contributed by atoms with E-state index >= 15 is 0 Å². The van der Waals surface area contributed by atoms with Gasteiger partial charge in [-0.25, -0.2) is 0 Å². The molecule has 2 aliphatic carbocycles. The first-order chi connectivity index (χ1) is 10.4. The van der Waals surface area contributed by atoms with Crippen molar-refractivity contribution in [3.8, 4) is 0 Å². The lowest BCUT2D eigenvalue weighted by molar-refractivity contribution is 0.0639. The van der Waals surface area contributed by atoms with E-state index in [9.17, 15) is 0 Å². The molecule has 4 unspecified atom stereocenters. The second kappa shape index (κ2) is 7.97. The summed E-state index contributed by atoms with van der Waals surface area (Å²) in [5, 5.41) is 3.84. The summed E-state index contributed by atoms with van der Waals surface area (Å²) < 4.78 is 0. The zero-order valence-electron chi connectivity index (χ0n) is 14.2. The molecule has 21 heavy (non-hydrogen) atoms. The van der Waals surface area contributed by atoms with Crippen LogP contribution in [0.1, 0.15) is 71.1 Å². The zero-order chi connectivity index (χ0) is 14.5. The number of nitrogens with zero attached hydrogens (tertiary/aromatic N) is 1. The van der Waals surface area contributed by atoms with Crippen LogP contribution >= 0.6 is 0 Å². The number of likely N-dealkylation sites (tertiary alicyclic amines) is 1. The Labute approximate surface area is 132 Å². The largest absolute Gasteiger partial charge is 0.314 e. The highest BCUT2D eigenvalue weighted by Gasteiger charge is 2.33. The maximum atomic E-state index is 3.84. The van der Waals surface area contributed by atoms with Crippen molar-refractivity contribution in [2.24, 2.45) is 17.8 Å². The van der Waals surface area contributed by atoms with E-state index in [0.29, 0.717) is 0 Å². The minimum Gasteiger partial charge on any atom is -0.314 e. The van der Waals surface area contributed by atoms with Gasteiger partial charge >= 0.3 is 0 Å². The van der Waals surface area contributed by atoms with Crippen molar-refractivity contribution in [2.45, 2.75) is 77.2 Å². The highest BCUT2D eigenvalue weighted by atomic mass is 15.1. The Balaban J connectivity index is 1.49. The van der Waals surface area contributed by atoms with Crippen molar-refractivity contribution in [1.82, 2.24) is 10.2 Å². The second-order valence-corrected chi connectivity index (χ2v) is 7.96. The van der Waals surface area contributed by atoms with Gasteiger partial charge < -0.3 is 10.2 Å². The third-order valence-electron chi connectivity index (χ3n) is 6.43. The van der Waals surface area contributed by atoms with Gasteiger partial charge in [0.1, 0.15) is 0 Å². The molecule has 1 heterocycles. The van der Waals surface area contributed by atoms with Gasteiger partial charge in [0, 0.05) is 19.1 Å². The Morgan fingerprint density at radius 1 is 0.905 bits per heavy atom. The molecule has 4 atom stereocenters. The Hall–Kier alpha value is -0.0800. The average molecular weight is 293 g/mol. The lowest BCUT2D eigenvalue weighted by atomic mass is 9.74. The van der Waals surface area contributed by atoms with Crippen LogP contribution in [0.3, 0.4) is 0 Å². The maximum absolute atomic E-state index is 3.84.